The number of aliphatic hydroxyl groups is 1. The number of fused-ring (bicyclic) bond motifs is 1. The highest BCUT2D eigenvalue weighted by Gasteiger charge is 2.36. The Balaban J connectivity index is 1.07. The summed E-state index contributed by atoms with van der Waals surface area (Å²) in [4.78, 5) is 5.05. The first-order valence-corrected chi connectivity index (χ1v) is 20.6. The van der Waals surface area contributed by atoms with Crippen LogP contribution in [0.3, 0.4) is 0 Å². The molecule has 0 radical (unpaired) electrons. The van der Waals surface area contributed by atoms with E-state index in [1.54, 1.807) is 46.8 Å². The molecule has 2 aliphatic carbocycles. The van der Waals surface area contributed by atoms with Gasteiger partial charge in [0.05, 0.1) is 11.9 Å². The van der Waals surface area contributed by atoms with Crippen LogP contribution < -0.4 is 0 Å². The first-order chi connectivity index (χ1) is 26.6. The highest BCUT2D eigenvalue weighted by atomic mass is 32.2. The number of phenols is 1. The van der Waals surface area contributed by atoms with Gasteiger partial charge in [0.25, 0.3) is 0 Å². The summed E-state index contributed by atoms with van der Waals surface area (Å²) in [6, 6.07) is 18.8. The van der Waals surface area contributed by atoms with Crippen LogP contribution in [0, 0.1) is 18.3 Å². The SMILES string of the molecule is C=C/C=N/N(/N=C/C=C/SC1=CC=C(c2ccc(Sc3ccc4nn(-c5cc(C)cc(C(C)(C)C)c5O)nc4c3)cc2)CC1)C1=CC(C)=CC(C(C)(C)C)C1O. The molecule has 2 aliphatic rings. The number of aryl methyl sites for hydroxylation is 1. The standard InChI is InChI=1S/C46H52N6O2S2/c1-10-22-47-51(41-27-30(2)25-37(43(41)53)45(4,5)6)48-23-11-24-55-34-16-12-32(13-17-34)33-14-18-35(19-15-33)56-36-20-21-39-40(29-36)50-52(49-39)42-28-31(3)26-38(44(42)54)46(7,8)9/h10-12,14-16,18-29,37,43,53-54H,1,13,17H2,2-9H3/b24-11+,47-22+,48-23+. The topological polar surface area (TPSA) is 99.1 Å². The molecule has 0 fully saturated rings. The fourth-order valence-corrected chi connectivity index (χ4v) is 8.28. The predicted molar refractivity (Wildman–Crippen MR) is 236 cm³/mol. The van der Waals surface area contributed by atoms with Crippen LogP contribution in [0.25, 0.3) is 22.3 Å². The Morgan fingerprint density at radius 2 is 1.61 bits per heavy atom. The van der Waals surface area contributed by atoms with E-state index in [4.69, 9.17) is 5.10 Å². The summed E-state index contributed by atoms with van der Waals surface area (Å²) in [7, 11) is 0. The molecule has 0 spiro atoms. The van der Waals surface area contributed by atoms with Crippen molar-refractivity contribution < 1.29 is 10.2 Å². The van der Waals surface area contributed by atoms with Crippen LogP contribution in [0.2, 0.25) is 0 Å². The minimum Gasteiger partial charge on any atom is -0.505 e. The van der Waals surface area contributed by atoms with Gasteiger partial charge in [0.1, 0.15) is 28.6 Å². The Hall–Kier alpha value is -4.90. The molecule has 3 aromatic carbocycles. The van der Waals surface area contributed by atoms with Crippen molar-refractivity contribution in [1.82, 2.24) is 20.1 Å². The second-order valence-electron chi connectivity index (χ2n) is 16.3. The molecule has 0 saturated heterocycles. The quantitative estimate of drug-likeness (QED) is 0.115. The Morgan fingerprint density at radius 3 is 2.29 bits per heavy atom. The molecular formula is C46H52N6O2S2. The van der Waals surface area contributed by atoms with Gasteiger partial charge in [0, 0.05) is 27.5 Å². The van der Waals surface area contributed by atoms with E-state index in [1.807, 2.05) is 49.6 Å². The molecule has 0 bridgehead atoms. The molecule has 2 atom stereocenters. The summed E-state index contributed by atoms with van der Waals surface area (Å²) < 4.78 is 0. The Morgan fingerprint density at radius 1 is 0.893 bits per heavy atom. The van der Waals surface area contributed by atoms with E-state index < -0.39 is 6.10 Å². The average Bonchev–Trinajstić information content (AvgIpc) is 3.57. The zero-order valence-corrected chi connectivity index (χ0v) is 35.2. The second-order valence-corrected chi connectivity index (χ2v) is 18.5. The van der Waals surface area contributed by atoms with Gasteiger partial charge in [-0.2, -0.15) is 15.3 Å². The minimum atomic E-state index is -0.728. The molecule has 6 rings (SSSR count). The Bertz CT molecular complexity index is 2310. The number of thioether (sulfide) groups is 1. The van der Waals surface area contributed by atoms with Crippen LogP contribution in [0.15, 0.2) is 139 Å². The molecule has 2 unspecified atom stereocenters. The minimum absolute atomic E-state index is 0.0554. The number of aromatic hydroxyl groups is 1. The highest BCUT2D eigenvalue weighted by molar-refractivity contribution is 8.05. The van der Waals surface area contributed by atoms with Gasteiger partial charge in [-0.15, -0.1) is 26.8 Å². The number of rotatable bonds is 11. The summed E-state index contributed by atoms with van der Waals surface area (Å²) in [6.07, 6.45) is 16.4. The number of benzene rings is 3. The molecule has 2 N–H and O–H groups in total. The molecule has 10 heteroatoms. The average molecular weight is 785 g/mol. The number of aromatic nitrogens is 3. The summed E-state index contributed by atoms with van der Waals surface area (Å²) in [5.41, 5.74) is 7.99. The lowest BCUT2D eigenvalue weighted by molar-refractivity contribution is 0.0716. The molecule has 56 heavy (non-hydrogen) atoms. The zero-order valence-electron chi connectivity index (χ0n) is 33.6. The van der Waals surface area contributed by atoms with E-state index in [2.05, 4.69) is 118 Å². The van der Waals surface area contributed by atoms with Crippen LogP contribution in [0.4, 0.5) is 0 Å². The van der Waals surface area contributed by atoms with Gasteiger partial charge in [-0.05, 0) is 119 Å². The normalized spacial score (nSPS) is 18.1. The van der Waals surface area contributed by atoms with Gasteiger partial charge in [-0.1, -0.05) is 102 Å². The van der Waals surface area contributed by atoms with Crippen LogP contribution in [-0.2, 0) is 5.41 Å². The van der Waals surface area contributed by atoms with Gasteiger partial charge < -0.3 is 10.2 Å². The number of phenolic OH excluding ortho intramolecular Hbond substituents is 1. The van der Waals surface area contributed by atoms with Crippen LogP contribution in [0.5, 0.6) is 5.75 Å². The summed E-state index contributed by atoms with van der Waals surface area (Å²) in [6.45, 7) is 20.5. The lowest BCUT2D eigenvalue weighted by Crippen LogP contribution is -2.37. The third kappa shape index (κ3) is 9.72. The van der Waals surface area contributed by atoms with E-state index in [9.17, 15) is 10.2 Å². The van der Waals surface area contributed by atoms with Crippen LogP contribution in [0.1, 0.15) is 78.0 Å². The second kappa shape index (κ2) is 17.1. The number of hydrogen-bond donors (Lipinski definition) is 2. The van der Waals surface area contributed by atoms with E-state index in [1.165, 1.54) is 21.2 Å². The molecule has 0 saturated carbocycles. The van der Waals surface area contributed by atoms with Gasteiger partial charge in [-0.3, -0.25) is 0 Å². The van der Waals surface area contributed by atoms with Gasteiger partial charge in [0.15, 0.2) is 0 Å². The van der Waals surface area contributed by atoms with Crippen LogP contribution >= 0.6 is 23.5 Å². The molecule has 0 amide bonds. The molecule has 0 aliphatic heterocycles. The van der Waals surface area contributed by atoms with Gasteiger partial charge >= 0.3 is 0 Å². The molecule has 4 aromatic rings. The van der Waals surface area contributed by atoms with E-state index >= 15 is 0 Å². The Kier molecular flexibility index (Phi) is 12.4. The van der Waals surface area contributed by atoms with Crippen molar-refractivity contribution in [2.75, 3.05) is 0 Å². The fraction of sp³-hybridized carbons (Fsp3) is 0.304. The lowest BCUT2D eigenvalue weighted by Gasteiger charge is -2.37. The maximum atomic E-state index is 11.2. The largest absolute Gasteiger partial charge is 0.505 e. The maximum Gasteiger partial charge on any atom is 0.146 e. The maximum absolute atomic E-state index is 11.2. The third-order valence-electron chi connectivity index (χ3n) is 9.72. The number of allylic oxidation sites excluding steroid dienone is 8. The van der Waals surface area contributed by atoms with Gasteiger partial charge in [0.2, 0.25) is 0 Å². The molecule has 1 heterocycles. The molecule has 1 aromatic heterocycles. The van der Waals surface area contributed by atoms with Crippen molar-refractivity contribution in [1.29, 1.82) is 0 Å². The number of aliphatic hydroxyl groups excluding tert-OH is 1. The molecule has 8 nitrogen and oxygen atoms in total. The number of hydrazone groups is 2. The van der Waals surface area contributed by atoms with E-state index in [0.717, 1.165) is 50.4 Å². The smallest absolute Gasteiger partial charge is 0.146 e. The Labute approximate surface area is 339 Å². The van der Waals surface area contributed by atoms with Crippen LogP contribution in [-0.4, -0.2) is 48.9 Å². The zero-order chi connectivity index (χ0) is 40.2. The first kappa shape index (κ1) is 40.8. The van der Waals surface area contributed by atoms with Crippen molar-refractivity contribution in [3.63, 3.8) is 0 Å². The highest BCUT2D eigenvalue weighted by Crippen LogP contribution is 2.39. The molecule has 290 valence electrons. The monoisotopic (exact) mass is 784 g/mol. The fourth-order valence-electron chi connectivity index (χ4n) is 6.74. The lowest BCUT2D eigenvalue weighted by atomic mass is 9.73. The summed E-state index contributed by atoms with van der Waals surface area (Å²) in [5, 5.41) is 44.3. The van der Waals surface area contributed by atoms with Crippen molar-refractivity contribution in [3.05, 3.63) is 136 Å². The number of nitrogens with zero attached hydrogens (tertiary/aromatic N) is 6. The van der Waals surface area contributed by atoms with Crippen molar-refractivity contribution in [3.8, 4) is 11.4 Å². The first-order valence-electron chi connectivity index (χ1n) is 18.9. The van der Waals surface area contributed by atoms with Crippen molar-refractivity contribution >= 4 is 52.6 Å². The number of hydrogen-bond acceptors (Lipinski definition) is 9. The third-order valence-corrected chi connectivity index (χ3v) is 11.6. The predicted octanol–water partition coefficient (Wildman–Crippen LogP) is 11.5. The van der Waals surface area contributed by atoms with Crippen molar-refractivity contribution in [2.24, 2.45) is 21.5 Å². The van der Waals surface area contributed by atoms with E-state index in [0.29, 0.717) is 11.4 Å². The van der Waals surface area contributed by atoms with Crippen molar-refractivity contribution in [2.45, 2.75) is 89.5 Å². The molecular weight excluding hydrogens is 733 g/mol. The van der Waals surface area contributed by atoms with E-state index in [-0.39, 0.29) is 22.5 Å². The van der Waals surface area contributed by atoms with Gasteiger partial charge in [-0.25, -0.2) is 0 Å². The summed E-state index contributed by atoms with van der Waals surface area (Å²) >= 11 is 3.37. The summed E-state index contributed by atoms with van der Waals surface area (Å²) in [5.74, 6) is 0.158.